The number of nitrogens with zero attached hydrogens (tertiary/aromatic N) is 5. The molecule has 1 aliphatic heterocycles. The van der Waals surface area contributed by atoms with Gasteiger partial charge in [-0.2, -0.15) is 9.57 Å². The number of aromatic nitrogens is 2. The number of carbonyl (C=O) groups is 1. The van der Waals surface area contributed by atoms with E-state index in [9.17, 15) is 13.2 Å². The number of rotatable bonds is 10. The lowest BCUT2D eigenvalue weighted by Gasteiger charge is -2.39. The highest BCUT2D eigenvalue weighted by Crippen LogP contribution is 2.21. The van der Waals surface area contributed by atoms with Crippen molar-refractivity contribution < 1.29 is 13.2 Å². The largest absolute Gasteiger partial charge is 0.354 e. The lowest BCUT2D eigenvalue weighted by Crippen LogP contribution is -2.60. The zero-order valence-corrected chi connectivity index (χ0v) is 22.3. The Hall–Kier alpha value is -3.00. The van der Waals surface area contributed by atoms with Crippen LogP contribution >= 0.6 is 0 Å². The highest BCUT2D eigenvalue weighted by Gasteiger charge is 2.37. The van der Waals surface area contributed by atoms with Gasteiger partial charge in [0, 0.05) is 63.2 Å². The van der Waals surface area contributed by atoms with Crippen LogP contribution in [-0.4, -0.2) is 78.1 Å². The minimum atomic E-state index is -3.50. The van der Waals surface area contributed by atoms with Gasteiger partial charge in [-0.3, -0.25) is 9.69 Å². The Balaban J connectivity index is 1.32. The van der Waals surface area contributed by atoms with Gasteiger partial charge in [0.1, 0.15) is 6.04 Å². The van der Waals surface area contributed by atoms with E-state index in [1.807, 2.05) is 12.2 Å². The highest BCUT2D eigenvalue weighted by atomic mass is 32.2. The van der Waals surface area contributed by atoms with E-state index in [0.717, 1.165) is 49.9 Å². The first-order valence-electron chi connectivity index (χ1n) is 12.9. The van der Waals surface area contributed by atoms with E-state index >= 15 is 0 Å². The third kappa shape index (κ3) is 7.51. The third-order valence-electron chi connectivity index (χ3n) is 7.22. The normalized spacial score (nSPS) is 21.1. The van der Waals surface area contributed by atoms with Crippen LogP contribution in [0.1, 0.15) is 37.8 Å². The zero-order chi connectivity index (χ0) is 26.3. The van der Waals surface area contributed by atoms with Crippen LogP contribution in [0.15, 0.2) is 59.6 Å². The van der Waals surface area contributed by atoms with Gasteiger partial charge in [0.25, 0.3) is 0 Å². The van der Waals surface area contributed by atoms with Crippen molar-refractivity contribution in [2.75, 3.05) is 39.0 Å². The summed E-state index contributed by atoms with van der Waals surface area (Å²) in [6, 6.07) is 1.47. The molecule has 2 heterocycles. The topological polar surface area (TPSA) is 111 Å². The molecule has 3 aliphatic rings. The molecule has 1 atom stereocenters. The maximum atomic E-state index is 13.2. The van der Waals surface area contributed by atoms with E-state index in [1.54, 1.807) is 12.5 Å². The summed E-state index contributed by atoms with van der Waals surface area (Å²) in [6.07, 6.45) is 20.3. The van der Waals surface area contributed by atoms with Gasteiger partial charge in [-0.25, -0.2) is 13.4 Å². The van der Waals surface area contributed by atoms with Gasteiger partial charge < -0.3 is 9.88 Å². The average Bonchev–Trinajstić information content (AvgIpc) is 3.34. The first-order valence-corrected chi connectivity index (χ1v) is 14.8. The summed E-state index contributed by atoms with van der Waals surface area (Å²) in [6.45, 7) is 3.26. The van der Waals surface area contributed by atoms with E-state index in [0.29, 0.717) is 39.1 Å². The molecule has 1 amide bonds. The van der Waals surface area contributed by atoms with Gasteiger partial charge >= 0.3 is 0 Å². The predicted molar refractivity (Wildman–Crippen MR) is 143 cm³/mol. The molecule has 0 spiro atoms. The van der Waals surface area contributed by atoms with E-state index in [-0.39, 0.29) is 5.91 Å². The Morgan fingerprint density at radius 2 is 2.03 bits per heavy atom. The molecule has 9 nitrogen and oxygen atoms in total. The summed E-state index contributed by atoms with van der Waals surface area (Å²) in [4.78, 5) is 19.6. The number of carbonyl (C=O) groups excluding carboxylic acids is 1. The first-order chi connectivity index (χ1) is 17.8. The predicted octanol–water partition coefficient (Wildman–Crippen LogP) is 2.32. The molecule has 0 radical (unpaired) electrons. The molecule has 0 bridgehead atoms. The summed E-state index contributed by atoms with van der Waals surface area (Å²) in [5.41, 5.74) is 4.42. The quantitative estimate of drug-likeness (QED) is 0.503. The smallest absolute Gasteiger partial charge is 0.239 e. The number of hydrogen-bond donors (Lipinski definition) is 1. The molecular weight excluding hydrogens is 488 g/mol. The molecule has 0 saturated carbocycles. The molecule has 0 aromatic carbocycles. The van der Waals surface area contributed by atoms with E-state index in [1.165, 1.54) is 21.7 Å². The number of sulfonamides is 1. The maximum absolute atomic E-state index is 13.2. The van der Waals surface area contributed by atoms with Crippen molar-refractivity contribution in [3.63, 3.8) is 0 Å². The Labute approximate surface area is 219 Å². The number of nitrogens with one attached hydrogen (secondary N) is 1. The molecule has 1 unspecified atom stereocenters. The van der Waals surface area contributed by atoms with Crippen molar-refractivity contribution in [3.05, 3.63) is 65.3 Å². The van der Waals surface area contributed by atoms with Gasteiger partial charge in [-0.15, -0.1) is 0 Å². The SMILES string of the molecule is CS(=O)(=O)N1CCN(CCC2=CC=CCC2)CC1C(=O)NCCc1cncn1CC1=CC=C(C#N)CC1. The summed E-state index contributed by atoms with van der Waals surface area (Å²) < 4.78 is 28.2. The zero-order valence-electron chi connectivity index (χ0n) is 21.5. The lowest BCUT2D eigenvalue weighted by molar-refractivity contribution is -0.126. The van der Waals surface area contributed by atoms with Crippen molar-refractivity contribution in [3.8, 4) is 6.07 Å². The fourth-order valence-corrected chi connectivity index (χ4v) is 6.09. The Morgan fingerprint density at radius 1 is 1.16 bits per heavy atom. The van der Waals surface area contributed by atoms with E-state index in [2.05, 4.69) is 44.1 Å². The van der Waals surface area contributed by atoms with Crippen LogP contribution < -0.4 is 5.32 Å². The summed E-state index contributed by atoms with van der Waals surface area (Å²) in [5.74, 6) is -0.259. The molecule has 1 aromatic rings. The second kappa shape index (κ2) is 12.5. The van der Waals surface area contributed by atoms with Crippen LogP contribution in [0.25, 0.3) is 0 Å². The van der Waals surface area contributed by atoms with Crippen LogP contribution in [0, 0.1) is 11.3 Å². The molecule has 4 rings (SSSR count). The van der Waals surface area contributed by atoms with Gasteiger partial charge in [0.05, 0.1) is 18.7 Å². The number of hydrogen-bond acceptors (Lipinski definition) is 6. The van der Waals surface area contributed by atoms with Gasteiger partial charge in [0.2, 0.25) is 15.9 Å². The molecule has 1 N–H and O–H groups in total. The molecule has 1 aromatic heterocycles. The van der Waals surface area contributed by atoms with Crippen LogP contribution in [-0.2, 0) is 27.8 Å². The van der Waals surface area contributed by atoms with Crippen molar-refractivity contribution in [2.24, 2.45) is 0 Å². The Morgan fingerprint density at radius 3 is 2.73 bits per heavy atom. The molecule has 10 heteroatoms. The summed E-state index contributed by atoms with van der Waals surface area (Å²) >= 11 is 0. The summed E-state index contributed by atoms with van der Waals surface area (Å²) in [7, 11) is -3.50. The molecule has 1 fully saturated rings. The van der Waals surface area contributed by atoms with Gasteiger partial charge in [0.15, 0.2) is 0 Å². The van der Waals surface area contributed by atoms with Crippen molar-refractivity contribution in [2.45, 2.75) is 51.1 Å². The fourth-order valence-electron chi connectivity index (χ4n) is 5.05. The summed E-state index contributed by atoms with van der Waals surface area (Å²) in [5, 5.41) is 12.0. The first kappa shape index (κ1) is 27.0. The minimum absolute atomic E-state index is 0.259. The lowest BCUT2D eigenvalue weighted by atomic mass is 9.99. The molecule has 198 valence electrons. The second-order valence-electron chi connectivity index (χ2n) is 9.91. The van der Waals surface area contributed by atoms with E-state index in [4.69, 9.17) is 5.26 Å². The van der Waals surface area contributed by atoms with Crippen molar-refractivity contribution in [1.82, 2.24) is 24.1 Å². The Bertz CT molecular complexity index is 1250. The highest BCUT2D eigenvalue weighted by molar-refractivity contribution is 7.88. The van der Waals surface area contributed by atoms with Gasteiger partial charge in [-0.1, -0.05) is 35.5 Å². The fraction of sp³-hybridized carbons (Fsp3) is 0.519. The van der Waals surface area contributed by atoms with E-state index < -0.39 is 16.1 Å². The number of amides is 1. The number of allylic oxidation sites excluding steroid dienone is 7. The number of piperazine rings is 1. The van der Waals surface area contributed by atoms with Crippen LogP contribution in [0.4, 0.5) is 0 Å². The molecule has 37 heavy (non-hydrogen) atoms. The number of imidazole rings is 1. The second-order valence-corrected chi connectivity index (χ2v) is 11.8. The third-order valence-corrected chi connectivity index (χ3v) is 8.51. The monoisotopic (exact) mass is 524 g/mol. The minimum Gasteiger partial charge on any atom is -0.354 e. The van der Waals surface area contributed by atoms with Crippen molar-refractivity contribution >= 4 is 15.9 Å². The van der Waals surface area contributed by atoms with Crippen LogP contribution in [0.5, 0.6) is 0 Å². The maximum Gasteiger partial charge on any atom is 0.239 e. The van der Waals surface area contributed by atoms with Gasteiger partial charge in [-0.05, 0) is 38.2 Å². The molecular formula is C27H36N6O3S. The number of nitriles is 1. The molecule has 2 aliphatic carbocycles. The Kier molecular flexibility index (Phi) is 9.14. The van der Waals surface area contributed by atoms with Crippen LogP contribution in [0.3, 0.4) is 0 Å². The van der Waals surface area contributed by atoms with Crippen molar-refractivity contribution in [1.29, 1.82) is 5.26 Å². The van der Waals surface area contributed by atoms with Crippen LogP contribution in [0.2, 0.25) is 0 Å². The molecule has 1 saturated heterocycles. The average molecular weight is 525 g/mol. The standard InChI is InChI=1S/C27H36N6O3S/c1-37(35,36)33-16-15-31(14-12-22-5-3-2-4-6-22)20-26(33)27(34)30-13-11-25-18-29-21-32(25)19-24-9-7-23(17-28)8-10-24/h2-3,5,7,9,18,21,26H,4,6,8,10-16,19-20H2,1H3,(H,30,34).